The molecule has 0 aliphatic rings. The predicted molar refractivity (Wildman–Crippen MR) is 152 cm³/mol. The van der Waals surface area contributed by atoms with Crippen LogP contribution in [0, 0.1) is 6.92 Å². The number of carbonyl (C=O) groups excluding carboxylic acids is 1. The number of benzene rings is 3. The summed E-state index contributed by atoms with van der Waals surface area (Å²) in [4.78, 5) is 16.9. The van der Waals surface area contributed by atoms with Crippen molar-refractivity contribution in [2.45, 2.75) is 32.8 Å². The fourth-order valence-corrected chi connectivity index (χ4v) is 4.70. The Morgan fingerprint density at radius 1 is 1.03 bits per heavy atom. The molecular formula is C29H30Cl2N4O2. The Kier molecular flexibility index (Phi) is 8.74. The highest BCUT2D eigenvalue weighted by molar-refractivity contribution is 6.36. The first-order valence-corrected chi connectivity index (χ1v) is 12.9. The van der Waals surface area contributed by atoms with Gasteiger partial charge in [0.15, 0.2) is 0 Å². The summed E-state index contributed by atoms with van der Waals surface area (Å²) in [5, 5.41) is 7.87. The zero-order valence-electron chi connectivity index (χ0n) is 20.9. The molecule has 1 atom stereocenters. The van der Waals surface area contributed by atoms with Crippen molar-refractivity contribution in [2.75, 3.05) is 18.8 Å². The van der Waals surface area contributed by atoms with Gasteiger partial charge in [-0.3, -0.25) is 0 Å². The molecule has 0 spiro atoms. The van der Waals surface area contributed by atoms with Gasteiger partial charge in [-0.2, -0.15) is 0 Å². The lowest BCUT2D eigenvalue weighted by molar-refractivity contribution is 0.240. The van der Waals surface area contributed by atoms with Gasteiger partial charge in [0.2, 0.25) is 0 Å². The van der Waals surface area contributed by atoms with E-state index in [0.717, 1.165) is 39.8 Å². The number of nitrogen functional groups attached to an aromatic ring is 1. The van der Waals surface area contributed by atoms with Gasteiger partial charge < -0.3 is 21.1 Å². The number of hydrogen-bond donors (Lipinski definition) is 3. The van der Waals surface area contributed by atoms with Gasteiger partial charge in [-0.05, 0) is 60.7 Å². The molecule has 192 valence electrons. The van der Waals surface area contributed by atoms with Crippen molar-refractivity contribution in [2.24, 2.45) is 0 Å². The molecule has 37 heavy (non-hydrogen) atoms. The minimum atomic E-state index is -0.227. The number of halogens is 2. The lowest BCUT2D eigenvalue weighted by atomic mass is 9.99. The van der Waals surface area contributed by atoms with Crippen LogP contribution in [-0.4, -0.2) is 24.1 Å². The van der Waals surface area contributed by atoms with E-state index in [1.54, 1.807) is 0 Å². The molecule has 4 rings (SSSR count). The van der Waals surface area contributed by atoms with Crippen molar-refractivity contribution in [3.63, 3.8) is 0 Å². The number of urea groups is 1. The molecule has 1 heterocycles. The first-order chi connectivity index (χ1) is 17.8. The molecule has 0 fully saturated rings. The summed E-state index contributed by atoms with van der Waals surface area (Å²) >= 11 is 13.3. The van der Waals surface area contributed by atoms with Crippen LogP contribution in [0.1, 0.15) is 35.2 Å². The lowest BCUT2D eigenvalue weighted by Gasteiger charge is -2.18. The van der Waals surface area contributed by atoms with Crippen LogP contribution in [0.15, 0.2) is 66.7 Å². The molecule has 0 saturated carbocycles. The maximum Gasteiger partial charge on any atom is 0.314 e. The van der Waals surface area contributed by atoms with E-state index in [9.17, 15) is 4.79 Å². The number of rotatable bonds is 9. The monoisotopic (exact) mass is 536 g/mol. The van der Waals surface area contributed by atoms with Crippen molar-refractivity contribution in [1.29, 1.82) is 0 Å². The molecule has 4 N–H and O–H groups in total. The average Bonchev–Trinajstić information content (AvgIpc) is 2.88. The molecule has 1 unspecified atom stereocenters. The lowest BCUT2D eigenvalue weighted by Crippen LogP contribution is -2.38. The van der Waals surface area contributed by atoms with Gasteiger partial charge >= 0.3 is 6.03 Å². The largest absolute Gasteiger partial charge is 0.487 e. The highest BCUT2D eigenvalue weighted by Gasteiger charge is 2.17. The van der Waals surface area contributed by atoms with Gasteiger partial charge in [0, 0.05) is 40.4 Å². The van der Waals surface area contributed by atoms with E-state index in [-0.39, 0.29) is 18.6 Å². The number of aryl methyl sites for hydroxylation is 1. The van der Waals surface area contributed by atoms with Crippen molar-refractivity contribution in [1.82, 2.24) is 15.6 Å². The van der Waals surface area contributed by atoms with E-state index in [1.165, 1.54) is 0 Å². The number of pyridine rings is 1. The van der Waals surface area contributed by atoms with Crippen molar-refractivity contribution in [3.8, 4) is 5.75 Å². The van der Waals surface area contributed by atoms with Crippen molar-refractivity contribution >= 4 is 45.8 Å². The SMILES string of the molecule is Cc1ccc2cccc(OCc3c(Cl)ccc(C(C)CNC(=O)NCCc4ccc(N)cc4)c3Cl)c2n1. The van der Waals surface area contributed by atoms with Gasteiger partial charge in [-0.1, -0.05) is 66.5 Å². The fourth-order valence-electron chi connectivity index (χ4n) is 4.04. The highest BCUT2D eigenvalue weighted by Crippen LogP contribution is 2.34. The number of nitrogens with two attached hydrogens (primary N) is 1. The molecule has 0 bridgehead atoms. The smallest absolute Gasteiger partial charge is 0.314 e. The van der Waals surface area contributed by atoms with Crippen molar-refractivity contribution < 1.29 is 9.53 Å². The second kappa shape index (κ2) is 12.2. The second-order valence-electron chi connectivity index (χ2n) is 9.03. The molecule has 3 aromatic carbocycles. The topological polar surface area (TPSA) is 89.3 Å². The standard InChI is InChI=1S/C29H30Cl2N4O2/c1-18(16-34-29(36)33-15-14-20-7-10-22(32)11-8-20)23-12-13-25(30)24(27(23)31)17-37-26-5-3-4-21-9-6-19(2)35-28(21)26/h3-13,18H,14-17,32H2,1-2H3,(H2,33,34,36). The summed E-state index contributed by atoms with van der Waals surface area (Å²) < 4.78 is 6.12. The average molecular weight is 537 g/mol. The van der Waals surface area contributed by atoms with Crippen LogP contribution in [0.25, 0.3) is 10.9 Å². The number of carbonyl (C=O) groups is 1. The Labute approximate surface area is 227 Å². The quantitative estimate of drug-likeness (QED) is 0.209. The van der Waals surface area contributed by atoms with E-state index in [0.29, 0.717) is 34.4 Å². The summed E-state index contributed by atoms with van der Waals surface area (Å²) in [7, 11) is 0. The van der Waals surface area contributed by atoms with Gasteiger partial charge in [-0.25, -0.2) is 9.78 Å². The minimum absolute atomic E-state index is 0.0340. The van der Waals surface area contributed by atoms with E-state index in [4.69, 9.17) is 33.7 Å². The number of hydrogen-bond acceptors (Lipinski definition) is 4. The Morgan fingerprint density at radius 3 is 2.59 bits per heavy atom. The van der Waals surface area contributed by atoms with E-state index >= 15 is 0 Å². The first-order valence-electron chi connectivity index (χ1n) is 12.1. The fraction of sp³-hybridized carbons (Fsp3) is 0.241. The summed E-state index contributed by atoms with van der Waals surface area (Å²) in [6, 6.07) is 20.9. The van der Waals surface area contributed by atoms with Crippen LogP contribution in [0.4, 0.5) is 10.5 Å². The van der Waals surface area contributed by atoms with Crippen LogP contribution in [-0.2, 0) is 13.0 Å². The maximum absolute atomic E-state index is 12.3. The molecule has 0 aliphatic carbocycles. The zero-order valence-corrected chi connectivity index (χ0v) is 22.4. The number of para-hydroxylation sites is 1. The maximum atomic E-state index is 12.3. The van der Waals surface area contributed by atoms with Gasteiger partial charge in [0.25, 0.3) is 0 Å². The number of anilines is 1. The third-order valence-electron chi connectivity index (χ3n) is 6.19. The Hall–Kier alpha value is -3.48. The molecule has 0 saturated heterocycles. The Balaban J connectivity index is 1.35. The molecule has 6 nitrogen and oxygen atoms in total. The Morgan fingerprint density at radius 2 is 1.81 bits per heavy atom. The number of amides is 2. The van der Waals surface area contributed by atoms with Gasteiger partial charge in [-0.15, -0.1) is 0 Å². The predicted octanol–water partition coefficient (Wildman–Crippen LogP) is 6.66. The number of fused-ring (bicyclic) bond motifs is 1. The van der Waals surface area contributed by atoms with Crippen LogP contribution in [0.3, 0.4) is 0 Å². The van der Waals surface area contributed by atoms with Crippen LogP contribution >= 0.6 is 23.2 Å². The normalized spacial score (nSPS) is 11.8. The number of aromatic nitrogens is 1. The third kappa shape index (κ3) is 6.85. The summed E-state index contributed by atoms with van der Waals surface area (Å²) in [6.07, 6.45) is 0.724. The third-order valence-corrected chi connectivity index (χ3v) is 6.99. The van der Waals surface area contributed by atoms with Gasteiger partial charge in [0.1, 0.15) is 17.9 Å². The first kappa shape index (κ1) is 26.6. The van der Waals surface area contributed by atoms with E-state index in [1.807, 2.05) is 80.6 Å². The molecular weight excluding hydrogens is 507 g/mol. The molecule has 0 radical (unpaired) electrons. The van der Waals surface area contributed by atoms with Gasteiger partial charge in [0.05, 0.1) is 5.02 Å². The minimum Gasteiger partial charge on any atom is -0.487 e. The van der Waals surface area contributed by atoms with Crippen molar-refractivity contribution in [3.05, 3.63) is 99.2 Å². The van der Waals surface area contributed by atoms with Crippen LogP contribution in [0.2, 0.25) is 10.0 Å². The van der Waals surface area contributed by atoms with Crippen LogP contribution in [0.5, 0.6) is 5.75 Å². The second-order valence-corrected chi connectivity index (χ2v) is 9.81. The van der Waals surface area contributed by atoms with Crippen LogP contribution < -0.4 is 21.1 Å². The molecule has 1 aromatic heterocycles. The number of nitrogens with zero attached hydrogens (tertiary/aromatic N) is 1. The van der Waals surface area contributed by atoms with E-state index in [2.05, 4.69) is 15.6 Å². The zero-order chi connectivity index (χ0) is 26.4. The molecule has 2 amide bonds. The summed E-state index contributed by atoms with van der Waals surface area (Å²) in [6.45, 7) is 5.10. The number of ether oxygens (including phenoxy) is 1. The highest BCUT2D eigenvalue weighted by atomic mass is 35.5. The Bertz CT molecular complexity index is 1390. The molecule has 4 aromatic rings. The molecule has 8 heteroatoms. The summed E-state index contributed by atoms with van der Waals surface area (Å²) in [5.74, 6) is 0.636. The summed E-state index contributed by atoms with van der Waals surface area (Å²) in [5.41, 5.74) is 10.8. The van der Waals surface area contributed by atoms with E-state index < -0.39 is 0 Å². The number of nitrogens with one attached hydrogen (secondary N) is 2. The molecule has 0 aliphatic heterocycles.